The summed E-state index contributed by atoms with van der Waals surface area (Å²) >= 11 is 0. The van der Waals surface area contributed by atoms with E-state index in [1.807, 2.05) is 44.3 Å². The fourth-order valence-corrected chi connectivity index (χ4v) is 2.96. The normalized spacial score (nSPS) is 11.0. The van der Waals surface area contributed by atoms with Crippen molar-refractivity contribution in [3.8, 4) is 11.5 Å². The van der Waals surface area contributed by atoms with Crippen LogP contribution in [0.15, 0.2) is 42.5 Å². The number of hydrogen-bond donors (Lipinski definition) is 0. The first kappa shape index (κ1) is 23.0. The van der Waals surface area contributed by atoms with Crippen molar-refractivity contribution in [2.45, 2.75) is 20.4 Å². The summed E-state index contributed by atoms with van der Waals surface area (Å²) < 4.78 is 30.8. The Bertz CT molecular complexity index is 742. The Kier molecular flexibility index (Phi) is 9.74. The predicted octanol–water partition coefficient (Wildman–Crippen LogP) is 4.21. The zero-order valence-corrected chi connectivity index (χ0v) is 18.0. The molecular formula is C23H33FN2O3. The first-order valence-electron chi connectivity index (χ1n) is 10.1. The van der Waals surface area contributed by atoms with Crippen molar-refractivity contribution in [3.63, 3.8) is 0 Å². The van der Waals surface area contributed by atoms with Gasteiger partial charge in [0.15, 0.2) is 11.6 Å². The molecule has 2 rings (SSSR count). The minimum atomic E-state index is -0.332. The summed E-state index contributed by atoms with van der Waals surface area (Å²) in [5.41, 5.74) is 1.94. The van der Waals surface area contributed by atoms with Gasteiger partial charge in [0.05, 0.1) is 13.7 Å². The Morgan fingerprint density at radius 2 is 1.79 bits per heavy atom. The van der Waals surface area contributed by atoms with E-state index in [9.17, 15) is 4.39 Å². The summed E-state index contributed by atoms with van der Waals surface area (Å²) in [6.07, 6.45) is 0. The van der Waals surface area contributed by atoms with Gasteiger partial charge in [-0.05, 0) is 50.7 Å². The fourth-order valence-electron chi connectivity index (χ4n) is 2.96. The number of halogens is 1. The number of ether oxygens (including phenoxy) is 3. The summed E-state index contributed by atoms with van der Waals surface area (Å²) in [6, 6.07) is 13.1. The zero-order chi connectivity index (χ0) is 21.1. The first-order valence-corrected chi connectivity index (χ1v) is 10.1. The minimum absolute atomic E-state index is 0.288. The molecule has 0 saturated heterocycles. The lowest BCUT2D eigenvalue weighted by atomic mass is 10.1. The molecule has 29 heavy (non-hydrogen) atoms. The third-order valence-electron chi connectivity index (χ3n) is 4.72. The van der Waals surface area contributed by atoms with Gasteiger partial charge in [0.2, 0.25) is 0 Å². The largest absolute Gasteiger partial charge is 0.497 e. The molecule has 2 aromatic carbocycles. The topological polar surface area (TPSA) is 34.2 Å². The molecule has 0 radical (unpaired) electrons. The Balaban J connectivity index is 1.90. The second-order valence-electron chi connectivity index (χ2n) is 6.83. The van der Waals surface area contributed by atoms with Crippen LogP contribution in [0, 0.1) is 5.82 Å². The van der Waals surface area contributed by atoms with Gasteiger partial charge in [-0.2, -0.15) is 0 Å². The quantitative estimate of drug-likeness (QED) is 0.467. The van der Waals surface area contributed by atoms with E-state index in [0.717, 1.165) is 36.7 Å². The highest BCUT2D eigenvalue weighted by Crippen LogP contribution is 2.24. The van der Waals surface area contributed by atoms with Crippen molar-refractivity contribution in [2.75, 3.05) is 58.5 Å². The van der Waals surface area contributed by atoms with Crippen LogP contribution < -0.4 is 14.4 Å². The van der Waals surface area contributed by atoms with Gasteiger partial charge < -0.3 is 24.0 Å². The van der Waals surface area contributed by atoms with Crippen LogP contribution >= 0.6 is 0 Å². The maximum Gasteiger partial charge on any atom is 0.165 e. The van der Waals surface area contributed by atoms with E-state index in [1.165, 1.54) is 0 Å². The highest BCUT2D eigenvalue weighted by molar-refractivity contribution is 5.51. The van der Waals surface area contributed by atoms with E-state index in [4.69, 9.17) is 14.2 Å². The molecule has 5 nitrogen and oxygen atoms in total. The maximum atomic E-state index is 14.5. The molecule has 0 heterocycles. The standard InChI is InChI=1S/C23H33FN2O3/c1-5-26(20-8-7-9-21(17-20)27-4)18-19-10-11-23(22(24)16-19)29-15-13-25(3)12-14-28-6-2/h7-11,16-17H,5-6,12-15,18H2,1-4H3. The Morgan fingerprint density at radius 3 is 2.48 bits per heavy atom. The molecule has 0 aliphatic heterocycles. The van der Waals surface area contributed by atoms with Gasteiger partial charge >= 0.3 is 0 Å². The van der Waals surface area contributed by atoms with Gasteiger partial charge in [0.1, 0.15) is 12.4 Å². The van der Waals surface area contributed by atoms with E-state index in [2.05, 4.69) is 16.7 Å². The fraction of sp³-hybridized carbons (Fsp3) is 0.478. The summed E-state index contributed by atoms with van der Waals surface area (Å²) in [5.74, 6) is 0.764. The average molecular weight is 405 g/mol. The minimum Gasteiger partial charge on any atom is -0.497 e. The molecule has 0 amide bonds. The van der Waals surface area contributed by atoms with Crippen LogP contribution in [0.3, 0.4) is 0 Å². The molecule has 0 bridgehead atoms. The third-order valence-corrected chi connectivity index (χ3v) is 4.72. The second-order valence-corrected chi connectivity index (χ2v) is 6.83. The number of benzene rings is 2. The van der Waals surface area contributed by atoms with Gasteiger partial charge in [-0.15, -0.1) is 0 Å². The molecule has 6 heteroatoms. The number of hydrogen-bond acceptors (Lipinski definition) is 5. The lowest BCUT2D eigenvalue weighted by Crippen LogP contribution is -2.28. The van der Waals surface area contributed by atoms with Crippen molar-refractivity contribution in [1.29, 1.82) is 0 Å². The number of anilines is 1. The summed E-state index contributed by atoms with van der Waals surface area (Å²) in [5, 5.41) is 0. The van der Waals surface area contributed by atoms with Crippen LogP contribution in [-0.4, -0.2) is 58.5 Å². The van der Waals surface area contributed by atoms with E-state index in [1.54, 1.807) is 19.2 Å². The summed E-state index contributed by atoms with van der Waals surface area (Å²) in [6.45, 7) is 8.86. The summed E-state index contributed by atoms with van der Waals surface area (Å²) in [7, 11) is 3.65. The zero-order valence-electron chi connectivity index (χ0n) is 18.0. The second kappa shape index (κ2) is 12.3. The van der Waals surface area contributed by atoms with Crippen LogP contribution in [0.25, 0.3) is 0 Å². The van der Waals surface area contributed by atoms with Crippen LogP contribution in [0.2, 0.25) is 0 Å². The average Bonchev–Trinajstić information content (AvgIpc) is 2.73. The Labute approximate surface area is 174 Å². The van der Waals surface area contributed by atoms with Crippen molar-refractivity contribution < 1.29 is 18.6 Å². The molecule has 0 aromatic heterocycles. The van der Waals surface area contributed by atoms with Crippen molar-refractivity contribution in [3.05, 3.63) is 53.8 Å². The molecule has 0 spiro atoms. The molecule has 0 aliphatic carbocycles. The predicted molar refractivity (Wildman–Crippen MR) is 116 cm³/mol. The monoisotopic (exact) mass is 404 g/mol. The molecular weight excluding hydrogens is 371 g/mol. The van der Waals surface area contributed by atoms with E-state index < -0.39 is 0 Å². The molecule has 0 unspecified atom stereocenters. The molecule has 0 atom stereocenters. The lowest BCUT2D eigenvalue weighted by Gasteiger charge is -2.24. The highest BCUT2D eigenvalue weighted by Gasteiger charge is 2.10. The first-order chi connectivity index (χ1) is 14.1. The van der Waals surface area contributed by atoms with Gasteiger partial charge in [0, 0.05) is 44.5 Å². The number of likely N-dealkylation sites (N-methyl/N-ethyl adjacent to an activating group) is 1. The molecule has 0 fully saturated rings. The third kappa shape index (κ3) is 7.55. The molecule has 0 N–H and O–H groups in total. The highest BCUT2D eigenvalue weighted by atomic mass is 19.1. The van der Waals surface area contributed by atoms with Gasteiger partial charge in [-0.3, -0.25) is 0 Å². The Morgan fingerprint density at radius 1 is 1.00 bits per heavy atom. The van der Waals surface area contributed by atoms with E-state index >= 15 is 0 Å². The lowest BCUT2D eigenvalue weighted by molar-refractivity contribution is 0.116. The molecule has 0 saturated carbocycles. The Hall–Kier alpha value is -2.31. The van der Waals surface area contributed by atoms with E-state index in [-0.39, 0.29) is 11.6 Å². The van der Waals surface area contributed by atoms with Crippen molar-refractivity contribution in [2.24, 2.45) is 0 Å². The van der Waals surface area contributed by atoms with Crippen LogP contribution in [-0.2, 0) is 11.3 Å². The maximum absolute atomic E-state index is 14.5. The van der Waals surface area contributed by atoms with Crippen molar-refractivity contribution in [1.82, 2.24) is 4.90 Å². The van der Waals surface area contributed by atoms with Crippen LogP contribution in [0.4, 0.5) is 10.1 Å². The number of rotatable bonds is 13. The van der Waals surface area contributed by atoms with Crippen molar-refractivity contribution >= 4 is 5.69 Å². The van der Waals surface area contributed by atoms with Gasteiger partial charge in [-0.1, -0.05) is 12.1 Å². The van der Waals surface area contributed by atoms with Gasteiger partial charge in [-0.25, -0.2) is 4.39 Å². The molecule has 160 valence electrons. The molecule has 2 aromatic rings. The summed E-state index contributed by atoms with van der Waals surface area (Å²) in [4.78, 5) is 4.28. The van der Waals surface area contributed by atoms with Crippen LogP contribution in [0.5, 0.6) is 11.5 Å². The smallest absolute Gasteiger partial charge is 0.165 e. The number of methoxy groups -OCH3 is 1. The number of nitrogens with zero attached hydrogens (tertiary/aromatic N) is 2. The van der Waals surface area contributed by atoms with Gasteiger partial charge in [0.25, 0.3) is 0 Å². The SMILES string of the molecule is CCOCCN(C)CCOc1ccc(CN(CC)c2cccc(OC)c2)cc1F. The van der Waals surface area contributed by atoms with Crippen LogP contribution in [0.1, 0.15) is 19.4 Å². The molecule has 0 aliphatic rings. The van der Waals surface area contributed by atoms with E-state index in [0.29, 0.717) is 26.3 Å².